The first-order chi connectivity index (χ1) is 11.6. The number of H-pyrrole nitrogens is 1. The quantitative estimate of drug-likeness (QED) is 0.643. The molecule has 24 heavy (non-hydrogen) atoms. The standard InChI is InChI=1S/C16H16N6O2/c17-13(24)12-6-10(23)8-22(12)16-11-7-18-21-15(11)19-14(20-16)9-4-2-1-3-5-9/h1-5,7,10,12,23H,6,8H2,(H2,17,24)(H,18,19,20,21)/t10-,12+/m1/s1. The zero-order chi connectivity index (χ0) is 16.7. The average Bonchev–Trinajstić information content (AvgIpc) is 3.21. The number of aromatic amines is 1. The fraction of sp³-hybridized carbons (Fsp3) is 0.250. The van der Waals surface area contributed by atoms with Gasteiger partial charge in [-0.1, -0.05) is 30.3 Å². The van der Waals surface area contributed by atoms with Crippen LogP contribution in [0.25, 0.3) is 22.4 Å². The predicted molar refractivity (Wildman–Crippen MR) is 88.1 cm³/mol. The molecule has 0 saturated carbocycles. The summed E-state index contributed by atoms with van der Waals surface area (Å²) in [6.45, 7) is 0.291. The van der Waals surface area contributed by atoms with E-state index in [1.54, 1.807) is 11.1 Å². The van der Waals surface area contributed by atoms with Crippen LogP contribution in [0.15, 0.2) is 36.5 Å². The average molecular weight is 324 g/mol. The van der Waals surface area contributed by atoms with Gasteiger partial charge in [0, 0.05) is 18.5 Å². The summed E-state index contributed by atoms with van der Waals surface area (Å²) in [7, 11) is 0. The lowest BCUT2D eigenvalue weighted by Crippen LogP contribution is -2.40. The molecule has 2 aromatic heterocycles. The number of amides is 1. The molecule has 0 unspecified atom stereocenters. The normalized spacial score (nSPS) is 20.6. The van der Waals surface area contributed by atoms with E-state index in [4.69, 9.17) is 5.73 Å². The molecule has 0 aliphatic carbocycles. The fourth-order valence-corrected chi connectivity index (χ4v) is 3.07. The molecule has 4 rings (SSSR count). The summed E-state index contributed by atoms with van der Waals surface area (Å²) in [6.07, 6.45) is 1.28. The van der Waals surface area contributed by atoms with Crippen molar-refractivity contribution in [1.29, 1.82) is 0 Å². The molecule has 1 saturated heterocycles. The molecular weight excluding hydrogens is 308 g/mol. The van der Waals surface area contributed by atoms with Gasteiger partial charge in [0.1, 0.15) is 11.9 Å². The Kier molecular flexibility index (Phi) is 3.39. The third-order valence-electron chi connectivity index (χ3n) is 4.20. The van der Waals surface area contributed by atoms with Gasteiger partial charge in [0.05, 0.1) is 17.7 Å². The number of hydrogen-bond acceptors (Lipinski definition) is 6. The number of primary amides is 1. The van der Waals surface area contributed by atoms with E-state index in [2.05, 4.69) is 20.2 Å². The van der Waals surface area contributed by atoms with Crippen molar-refractivity contribution in [3.8, 4) is 11.4 Å². The number of carbonyl (C=O) groups excluding carboxylic acids is 1. The minimum absolute atomic E-state index is 0.291. The number of β-amino-alcohol motifs (C(OH)–C–C–N with tert-alkyl or cyclic N) is 1. The van der Waals surface area contributed by atoms with Gasteiger partial charge in [0.2, 0.25) is 5.91 Å². The molecule has 1 fully saturated rings. The first kappa shape index (κ1) is 14.6. The second-order valence-corrected chi connectivity index (χ2v) is 5.83. The van der Waals surface area contributed by atoms with Crippen molar-refractivity contribution in [2.75, 3.05) is 11.4 Å². The zero-order valence-electron chi connectivity index (χ0n) is 12.8. The molecule has 0 spiro atoms. The third-order valence-corrected chi connectivity index (χ3v) is 4.20. The lowest BCUT2D eigenvalue weighted by Gasteiger charge is -2.23. The summed E-state index contributed by atoms with van der Waals surface area (Å²) in [5.41, 5.74) is 6.92. The maximum absolute atomic E-state index is 11.8. The first-order valence-corrected chi connectivity index (χ1v) is 7.64. The number of aliphatic hydroxyl groups is 1. The van der Waals surface area contributed by atoms with E-state index >= 15 is 0 Å². The van der Waals surface area contributed by atoms with Crippen LogP contribution < -0.4 is 10.6 Å². The molecule has 3 aromatic rings. The zero-order valence-corrected chi connectivity index (χ0v) is 12.8. The van der Waals surface area contributed by atoms with Crippen molar-refractivity contribution in [3.05, 3.63) is 36.5 Å². The van der Waals surface area contributed by atoms with E-state index in [-0.39, 0.29) is 0 Å². The molecule has 4 N–H and O–H groups in total. The van der Waals surface area contributed by atoms with Crippen LogP contribution in [0, 0.1) is 0 Å². The summed E-state index contributed by atoms with van der Waals surface area (Å²) < 4.78 is 0. The number of nitrogens with zero attached hydrogens (tertiary/aromatic N) is 4. The number of aliphatic hydroxyl groups excluding tert-OH is 1. The van der Waals surface area contributed by atoms with Crippen LogP contribution in [-0.2, 0) is 4.79 Å². The molecule has 0 bridgehead atoms. The van der Waals surface area contributed by atoms with Crippen molar-refractivity contribution in [1.82, 2.24) is 20.2 Å². The Bertz CT molecular complexity index is 894. The highest BCUT2D eigenvalue weighted by atomic mass is 16.3. The Morgan fingerprint density at radius 2 is 2.08 bits per heavy atom. The van der Waals surface area contributed by atoms with Crippen molar-refractivity contribution in [3.63, 3.8) is 0 Å². The Morgan fingerprint density at radius 1 is 1.29 bits per heavy atom. The molecule has 1 aliphatic heterocycles. The SMILES string of the molecule is NC(=O)[C@@H]1C[C@@H](O)CN1c1nc(-c2ccccc2)nc2[nH]ncc12. The number of fused-ring (bicyclic) bond motifs is 1. The van der Waals surface area contributed by atoms with Gasteiger partial charge in [-0.3, -0.25) is 9.89 Å². The number of nitrogens with one attached hydrogen (secondary N) is 1. The van der Waals surface area contributed by atoms with E-state index in [9.17, 15) is 9.90 Å². The number of carbonyl (C=O) groups is 1. The maximum atomic E-state index is 11.8. The van der Waals surface area contributed by atoms with Gasteiger partial charge in [-0.25, -0.2) is 9.97 Å². The lowest BCUT2D eigenvalue weighted by molar-refractivity contribution is -0.119. The van der Waals surface area contributed by atoms with Crippen LogP contribution in [0.2, 0.25) is 0 Å². The molecule has 122 valence electrons. The Labute approximate surface area is 137 Å². The molecular formula is C16H16N6O2. The third kappa shape index (κ3) is 2.37. The second kappa shape index (κ2) is 5.57. The van der Waals surface area contributed by atoms with E-state index in [0.717, 1.165) is 5.56 Å². The van der Waals surface area contributed by atoms with Gasteiger partial charge in [0.15, 0.2) is 11.5 Å². The fourth-order valence-electron chi connectivity index (χ4n) is 3.07. The van der Waals surface area contributed by atoms with Crippen molar-refractivity contribution < 1.29 is 9.90 Å². The van der Waals surface area contributed by atoms with E-state index in [0.29, 0.717) is 35.6 Å². The summed E-state index contributed by atoms with van der Waals surface area (Å²) in [5, 5.41) is 17.5. The molecule has 1 aliphatic rings. The minimum atomic E-state index is -0.625. The Hall–Kier alpha value is -3.00. The maximum Gasteiger partial charge on any atom is 0.240 e. The summed E-state index contributed by atoms with van der Waals surface area (Å²) in [6, 6.07) is 8.94. The summed E-state index contributed by atoms with van der Waals surface area (Å²) >= 11 is 0. The van der Waals surface area contributed by atoms with Crippen LogP contribution >= 0.6 is 0 Å². The van der Waals surface area contributed by atoms with E-state index in [1.165, 1.54) is 0 Å². The molecule has 8 nitrogen and oxygen atoms in total. The van der Waals surface area contributed by atoms with Crippen LogP contribution in [0.4, 0.5) is 5.82 Å². The van der Waals surface area contributed by atoms with E-state index in [1.807, 2.05) is 30.3 Å². The summed E-state index contributed by atoms with van der Waals surface area (Å²) in [5.74, 6) is 0.586. The number of anilines is 1. The first-order valence-electron chi connectivity index (χ1n) is 7.64. The second-order valence-electron chi connectivity index (χ2n) is 5.83. The number of benzene rings is 1. The van der Waals surface area contributed by atoms with Crippen LogP contribution in [-0.4, -0.2) is 49.9 Å². The lowest BCUT2D eigenvalue weighted by atomic mass is 10.2. The van der Waals surface area contributed by atoms with Gasteiger partial charge in [0.25, 0.3) is 0 Å². The molecule has 0 radical (unpaired) electrons. The molecule has 2 atom stereocenters. The highest BCUT2D eigenvalue weighted by Crippen LogP contribution is 2.31. The molecule has 1 aromatic carbocycles. The van der Waals surface area contributed by atoms with Crippen LogP contribution in [0.3, 0.4) is 0 Å². The monoisotopic (exact) mass is 324 g/mol. The number of hydrogen-bond donors (Lipinski definition) is 3. The molecule has 3 heterocycles. The minimum Gasteiger partial charge on any atom is -0.391 e. The van der Waals surface area contributed by atoms with Gasteiger partial charge in [-0.15, -0.1) is 0 Å². The summed E-state index contributed by atoms with van der Waals surface area (Å²) in [4.78, 5) is 22.6. The Morgan fingerprint density at radius 3 is 2.83 bits per heavy atom. The van der Waals surface area contributed by atoms with Crippen molar-refractivity contribution in [2.24, 2.45) is 5.73 Å². The smallest absolute Gasteiger partial charge is 0.240 e. The predicted octanol–water partition coefficient (Wildman–Crippen LogP) is 0.445. The molecule has 1 amide bonds. The van der Waals surface area contributed by atoms with Crippen LogP contribution in [0.1, 0.15) is 6.42 Å². The van der Waals surface area contributed by atoms with Gasteiger partial charge in [-0.2, -0.15) is 5.10 Å². The topological polar surface area (TPSA) is 121 Å². The van der Waals surface area contributed by atoms with Gasteiger partial charge < -0.3 is 15.7 Å². The largest absolute Gasteiger partial charge is 0.391 e. The van der Waals surface area contributed by atoms with Crippen LogP contribution in [0.5, 0.6) is 0 Å². The number of aromatic nitrogens is 4. The molecule has 8 heteroatoms. The van der Waals surface area contributed by atoms with Crippen molar-refractivity contribution >= 4 is 22.8 Å². The van der Waals surface area contributed by atoms with Gasteiger partial charge >= 0.3 is 0 Å². The van der Waals surface area contributed by atoms with Crippen molar-refractivity contribution in [2.45, 2.75) is 18.6 Å². The Balaban J connectivity index is 1.88. The number of rotatable bonds is 3. The highest BCUT2D eigenvalue weighted by Gasteiger charge is 2.37. The van der Waals surface area contributed by atoms with Gasteiger partial charge in [-0.05, 0) is 0 Å². The van der Waals surface area contributed by atoms with E-state index < -0.39 is 18.1 Å². The highest BCUT2D eigenvalue weighted by molar-refractivity contribution is 5.92. The number of nitrogens with two attached hydrogens (primary N) is 1.